The molecule has 0 bridgehead atoms. The van der Waals surface area contributed by atoms with Crippen molar-refractivity contribution in [3.05, 3.63) is 59.5 Å². The van der Waals surface area contributed by atoms with Crippen LogP contribution >= 0.6 is 0 Å². The number of amides is 1. The zero-order chi connectivity index (χ0) is 16.2. The first-order valence-electron chi connectivity index (χ1n) is 6.95. The predicted molar refractivity (Wildman–Crippen MR) is 86.4 cm³/mol. The quantitative estimate of drug-likeness (QED) is 0.877. The molecule has 1 aromatic heterocycles. The molecule has 0 aliphatic carbocycles. The molecule has 0 saturated carbocycles. The Kier molecular flexibility index (Phi) is 4.05. The zero-order valence-corrected chi connectivity index (χ0v) is 12.7. The number of methoxy groups -OCH3 is 2. The lowest BCUT2D eigenvalue weighted by atomic mass is 10.1. The van der Waals surface area contributed by atoms with E-state index in [9.17, 15) is 4.79 Å². The van der Waals surface area contributed by atoms with Crippen LogP contribution in [-0.4, -0.2) is 30.9 Å². The molecule has 116 valence electrons. The van der Waals surface area contributed by atoms with Gasteiger partial charge >= 0.3 is 0 Å². The van der Waals surface area contributed by atoms with E-state index in [0.29, 0.717) is 23.0 Å². The lowest BCUT2D eigenvalue weighted by Crippen LogP contribution is -2.24. The van der Waals surface area contributed by atoms with E-state index in [1.54, 1.807) is 50.9 Å². The number of hydrogen-bond donors (Lipinski definition) is 1. The van der Waals surface area contributed by atoms with Crippen LogP contribution in [0.2, 0.25) is 0 Å². The molecule has 1 aromatic carbocycles. The van der Waals surface area contributed by atoms with E-state index in [2.05, 4.69) is 15.3 Å². The highest BCUT2D eigenvalue weighted by Crippen LogP contribution is 2.28. The molecule has 6 heteroatoms. The van der Waals surface area contributed by atoms with Gasteiger partial charge in [-0.05, 0) is 35.9 Å². The summed E-state index contributed by atoms with van der Waals surface area (Å²) in [6.07, 6.45) is 5.01. The summed E-state index contributed by atoms with van der Waals surface area (Å²) < 4.78 is 10.5. The molecular formula is C17H15N3O3. The first kappa shape index (κ1) is 14.8. The highest BCUT2D eigenvalue weighted by molar-refractivity contribution is 6.19. The van der Waals surface area contributed by atoms with Crippen molar-refractivity contribution in [2.45, 2.75) is 0 Å². The Morgan fingerprint density at radius 3 is 2.65 bits per heavy atom. The van der Waals surface area contributed by atoms with Crippen molar-refractivity contribution in [3.63, 3.8) is 0 Å². The lowest BCUT2D eigenvalue weighted by molar-refractivity contribution is -0.115. The van der Waals surface area contributed by atoms with Gasteiger partial charge in [0.05, 0.1) is 14.2 Å². The van der Waals surface area contributed by atoms with Crippen LogP contribution in [0.15, 0.2) is 53.4 Å². The molecule has 0 saturated heterocycles. The summed E-state index contributed by atoms with van der Waals surface area (Å²) in [7, 11) is 3.14. The van der Waals surface area contributed by atoms with Crippen molar-refractivity contribution < 1.29 is 14.3 Å². The predicted octanol–water partition coefficient (Wildman–Crippen LogP) is 2.02. The molecule has 0 spiro atoms. The normalized spacial score (nSPS) is 15.3. The van der Waals surface area contributed by atoms with E-state index in [0.717, 1.165) is 11.1 Å². The van der Waals surface area contributed by atoms with E-state index in [4.69, 9.17) is 9.47 Å². The maximum atomic E-state index is 12.1. The molecule has 3 rings (SSSR count). The van der Waals surface area contributed by atoms with Crippen LogP contribution in [0.3, 0.4) is 0 Å². The molecule has 0 atom stereocenters. The summed E-state index contributed by atoms with van der Waals surface area (Å²) in [5.41, 5.74) is 1.89. The number of nitrogens with zero attached hydrogens (tertiary/aromatic N) is 2. The molecule has 0 radical (unpaired) electrons. The fourth-order valence-electron chi connectivity index (χ4n) is 2.21. The second-order valence-corrected chi connectivity index (χ2v) is 4.80. The number of aliphatic imine (C=N–C) groups is 1. The third-order valence-electron chi connectivity index (χ3n) is 3.34. The molecule has 6 nitrogen and oxygen atoms in total. The summed E-state index contributed by atoms with van der Waals surface area (Å²) in [6.45, 7) is 0. The van der Waals surface area contributed by atoms with Gasteiger partial charge in [-0.3, -0.25) is 9.78 Å². The van der Waals surface area contributed by atoms with Crippen molar-refractivity contribution in [1.82, 2.24) is 10.3 Å². The average Bonchev–Trinajstić information content (AvgIpc) is 2.96. The van der Waals surface area contributed by atoms with Crippen LogP contribution in [0.4, 0.5) is 0 Å². The molecule has 2 aromatic rings. The smallest absolute Gasteiger partial charge is 0.275 e. The molecule has 23 heavy (non-hydrogen) atoms. The Bertz CT molecular complexity index is 798. The Morgan fingerprint density at radius 2 is 1.96 bits per heavy atom. The molecule has 0 fully saturated rings. The van der Waals surface area contributed by atoms with Gasteiger partial charge in [-0.2, -0.15) is 0 Å². The fourth-order valence-corrected chi connectivity index (χ4v) is 2.21. The highest BCUT2D eigenvalue weighted by atomic mass is 16.5. The molecule has 1 aliphatic heterocycles. The van der Waals surface area contributed by atoms with Crippen LogP contribution in [0.5, 0.6) is 11.5 Å². The van der Waals surface area contributed by atoms with Crippen LogP contribution in [0.1, 0.15) is 11.1 Å². The number of benzene rings is 1. The van der Waals surface area contributed by atoms with Gasteiger partial charge in [0, 0.05) is 18.0 Å². The number of nitrogens with one attached hydrogen (secondary N) is 1. The number of hydrogen-bond acceptors (Lipinski definition) is 5. The Labute approximate surface area is 133 Å². The number of carbonyl (C=O) groups is 1. The summed E-state index contributed by atoms with van der Waals surface area (Å²) in [6, 6.07) is 9.03. The second kappa shape index (κ2) is 6.31. The summed E-state index contributed by atoms with van der Waals surface area (Å²) in [5.74, 6) is 1.47. The minimum atomic E-state index is -0.251. The Balaban J connectivity index is 1.93. The first-order valence-corrected chi connectivity index (χ1v) is 6.95. The molecule has 1 amide bonds. The van der Waals surface area contributed by atoms with Crippen molar-refractivity contribution in [3.8, 4) is 11.5 Å². The maximum absolute atomic E-state index is 12.1. The van der Waals surface area contributed by atoms with Gasteiger partial charge in [0.1, 0.15) is 11.5 Å². The topological polar surface area (TPSA) is 72.8 Å². The second-order valence-electron chi connectivity index (χ2n) is 4.80. The van der Waals surface area contributed by atoms with E-state index < -0.39 is 0 Å². The molecular weight excluding hydrogens is 294 g/mol. The summed E-state index contributed by atoms with van der Waals surface area (Å²) in [5, 5.41) is 2.74. The van der Waals surface area contributed by atoms with Crippen LogP contribution in [0.25, 0.3) is 6.08 Å². The van der Waals surface area contributed by atoms with E-state index in [1.165, 1.54) is 0 Å². The third kappa shape index (κ3) is 3.06. The van der Waals surface area contributed by atoms with Gasteiger partial charge in [-0.1, -0.05) is 6.07 Å². The van der Waals surface area contributed by atoms with Gasteiger partial charge in [-0.15, -0.1) is 0 Å². The SMILES string of the molecule is COc1ccc(/C=C2/N=C(c3cccnc3)NC2=O)cc1OC. The van der Waals surface area contributed by atoms with Gasteiger partial charge in [-0.25, -0.2) is 4.99 Å². The third-order valence-corrected chi connectivity index (χ3v) is 3.34. The minimum Gasteiger partial charge on any atom is -0.493 e. The van der Waals surface area contributed by atoms with Crippen LogP contribution in [0, 0.1) is 0 Å². The van der Waals surface area contributed by atoms with E-state index in [1.807, 2.05) is 12.1 Å². The number of carbonyl (C=O) groups excluding carboxylic acids is 1. The molecule has 1 aliphatic rings. The molecule has 2 heterocycles. The summed E-state index contributed by atoms with van der Waals surface area (Å²) >= 11 is 0. The fraction of sp³-hybridized carbons (Fsp3) is 0.118. The number of pyridine rings is 1. The van der Waals surface area contributed by atoms with Gasteiger partial charge in [0.25, 0.3) is 5.91 Å². The number of ether oxygens (including phenoxy) is 2. The maximum Gasteiger partial charge on any atom is 0.275 e. The molecule has 0 unspecified atom stereocenters. The van der Waals surface area contributed by atoms with Crippen molar-refractivity contribution in [2.75, 3.05) is 14.2 Å². The number of amidine groups is 1. The van der Waals surface area contributed by atoms with E-state index in [-0.39, 0.29) is 5.91 Å². The van der Waals surface area contributed by atoms with Crippen LogP contribution < -0.4 is 14.8 Å². The molecule has 1 N–H and O–H groups in total. The lowest BCUT2D eigenvalue weighted by Gasteiger charge is -2.07. The average molecular weight is 309 g/mol. The number of rotatable bonds is 4. The number of aromatic nitrogens is 1. The largest absolute Gasteiger partial charge is 0.493 e. The van der Waals surface area contributed by atoms with E-state index >= 15 is 0 Å². The van der Waals surface area contributed by atoms with Crippen molar-refractivity contribution in [1.29, 1.82) is 0 Å². The zero-order valence-electron chi connectivity index (χ0n) is 12.7. The Hall–Kier alpha value is -3.15. The van der Waals surface area contributed by atoms with Crippen molar-refractivity contribution >= 4 is 17.8 Å². The highest BCUT2D eigenvalue weighted by Gasteiger charge is 2.21. The standard InChI is InChI=1S/C17H15N3O3/c1-22-14-6-5-11(9-15(14)23-2)8-13-17(21)20-16(19-13)12-4-3-7-18-10-12/h3-10H,1-2H3,(H,19,20,21)/b13-8+. The van der Waals surface area contributed by atoms with Crippen LogP contribution in [-0.2, 0) is 4.79 Å². The van der Waals surface area contributed by atoms with Gasteiger partial charge < -0.3 is 14.8 Å². The monoisotopic (exact) mass is 309 g/mol. The van der Waals surface area contributed by atoms with Crippen molar-refractivity contribution in [2.24, 2.45) is 4.99 Å². The Morgan fingerprint density at radius 1 is 1.13 bits per heavy atom. The van der Waals surface area contributed by atoms with Gasteiger partial charge in [0.15, 0.2) is 11.5 Å². The van der Waals surface area contributed by atoms with Gasteiger partial charge in [0.2, 0.25) is 0 Å². The summed E-state index contributed by atoms with van der Waals surface area (Å²) in [4.78, 5) is 20.4. The minimum absolute atomic E-state index is 0.251. The first-order chi connectivity index (χ1) is 11.2.